The van der Waals surface area contributed by atoms with E-state index in [1.807, 2.05) is 66.7 Å². The van der Waals surface area contributed by atoms with Crippen molar-refractivity contribution in [2.45, 2.75) is 19.4 Å². The van der Waals surface area contributed by atoms with Crippen LogP contribution in [0.15, 0.2) is 78.9 Å². The lowest BCUT2D eigenvalue weighted by atomic mass is 9.80. The molecule has 0 aromatic heterocycles. The molecule has 0 saturated carbocycles. The second kappa shape index (κ2) is 9.93. The maximum Gasteiger partial charge on any atom is 0.140 e. The van der Waals surface area contributed by atoms with Crippen molar-refractivity contribution in [2.75, 3.05) is 26.2 Å². The Hall–Kier alpha value is -2.33. The van der Waals surface area contributed by atoms with E-state index in [9.17, 15) is 5.11 Å². The maximum atomic E-state index is 11.8. The fraction of sp³-hybridized carbons (Fsp3) is 0.280. The van der Waals surface area contributed by atoms with Crippen LogP contribution in [0.1, 0.15) is 30.5 Å². The first kappa shape index (κ1) is 21.4. The molecule has 0 spiro atoms. The third-order valence-electron chi connectivity index (χ3n) is 5.30. The number of nitrogens with zero attached hydrogens (tertiary/aromatic N) is 1. The lowest BCUT2D eigenvalue weighted by Crippen LogP contribution is -2.29. The quantitative estimate of drug-likeness (QED) is 0.484. The molecule has 0 radical (unpaired) electrons. The third kappa shape index (κ3) is 4.99. The smallest absolute Gasteiger partial charge is 0.140 e. The largest absolute Gasteiger partial charge is 0.492 e. The number of likely N-dealkylation sites (N-methyl/N-ethyl adjacent to an activating group) is 1. The molecule has 0 amide bonds. The summed E-state index contributed by atoms with van der Waals surface area (Å²) in [5, 5.41) is 12.5. The van der Waals surface area contributed by atoms with E-state index in [1.165, 1.54) is 0 Å². The second-order valence-electron chi connectivity index (χ2n) is 6.98. The molecular formula is C25H28ClNO2. The predicted octanol–water partition coefficient (Wildman–Crippen LogP) is 5.34. The van der Waals surface area contributed by atoms with Crippen molar-refractivity contribution in [3.8, 4) is 5.75 Å². The highest BCUT2D eigenvalue weighted by Gasteiger charge is 2.33. The van der Waals surface area contributed by atoms with Crippen molar-refractivity contribution in [3.05, 3.63) is 101 Å². The van der Waals surface area contributed by atoms with Gasteiger partial charge in [0.1, 0.15) is 18.0 Å². The van der Waals surface area contributed by atoms with Crippen molar-refractivity contribution >= 4 is 11.6 Å². The summed E-state index contributed by atoms with van der Waals surface area (Å²) in [4.78, 5) is 2.32. The van der Waals surface area contributed by atoms with E-state index in [0.717, 1.165) is 42.1 Å². The summed E-state index contributed by atoms with van der Waals surface area (Å²) in [6.45, 7) is 7.88. The molecule has 3 aromatic carbocycles. The van der Waals surface area contributed by atoms with Crippen molar-refractivity contribution in [1.82, 2.24) is 4.90 Å². The Kier molecular flexibility index (Phi) is 7.32. The molecule has 0 aliphatic heterocycles. The minimum Gasteiger partial charge on any atom is -0.492 e. The van der Waals surface area contributed by atoms with E-state index >= 15 is 0 Å². The highest BCUT2D eigenvalue weighted by molar-refractivity contribution is 6.30. The molecule has 1 atom stereocenters. The molecule has 3 rings (SSSR count). The molecule has 0 fully saturated rings. The summed E-state index contributed by atoms with van der Waals surface area (Å²) in [6, 6.07) is 24.7. The van der Waals surface area contributed by atoms with Crippen molar-refractivity contribution in [2.24, 2.45) is 0 Å². The first-order valence-corrected chi connectivity index (χ1v) is 10.4. The molecule has 4 heteroatoms. The maximum absolute atomic E-state index is 11.8. The molecule has 0 saturated heterocycles. The Morgan fingerprint density at radius 2 is 1.31 bits per heavy atom. The predicted molar refractivity (Wildman–Crippen MR) is 120 cm³/mol. The average Bonchev–Trinajstić information content (AvgIpc) is 2.78. The number of halogens is 1. The summed E-state index contributed by atoms with van der Waals surface area (Å²) in [5.74, 6) is 0.799. The van der Waals surface area contributed by atoms with E-state index in [0.29, 0.717) is 11.6 Å². The summed E-state index contributed by atoms with van der Waals surface area (Å²) >= 11 is 6.06. The second-order valence-corrected chi connectivity index (χ2v) is 7.42. The van der Waals surface area contributed by atoms with Gasteiger partial charge in [0.05, 0.1) is 0 Å². The molecular weight excluding hydrogens is 382 g/mol. The van der Waals surface area contributed by atoms with Gasteiger partial charge in [0.15, 0.2) is 0 Å². The van der Waals surface area contributed by atoms with Gasteiger partial charge in [-0.3, -0.25) is 0 Å². The van der Waals surface area contributed by atoms with Gasteiger partial charge in [-0.15, -0.1) is 0 Å². The third-order valence-corrected chi connectivity index (χ3v) is 5.55. The molecule has 0 aliphatic rings. The van der Waals surface area contributed by atoms with E-state index < -0.39 is 5.60 Å². The van der Waals surface area contributed by atoms with Gasteiger partial charge in [0, 0.05) is 11.6 Å². The van der Waals surface area contributed by atoms with Crippen LogP contribution in [0.3, 0.4) is 0 Å². The first-order chi connectivity index (χ1) is 14.1. The molecule has 0 aliphatic carbocycles. The van der Waals surface area contributed by atoms with Crippen LogP contribution in [0.25, 0.3) is 0 Å². The fourth-order valence-corrected chi connectivity index (χ4v) is 3.62. The number of ether oxygens (including phenoxy) is 1. The average molecular weight is 410 g/mol. The van der Waals surface area contributed by atoms with Crippen LogP contribution >= 0.6 is 11.6 Å². The molecule has 3 nitrogen and oxygen atoms in total. The van der Waals surface area contributed by atoms with Crippen LogP contribution in [0.2, 0.25) is 5.02 Å². The Morgan fingerprint density at radius 3 is 1.86 bits per heavy atom. The zero-order valence-corrected chi connectivity index (χ0v) is 17.8. The highest BCUT2D eigenvalue weighted by atomic mass is 35.5. The number of rotatable bonds is 9. The molecule has 1 unspecified atom stereocenters. The van der Waals surface area contributed by atoms with Gasteiger partial charge in [0.2, 0.25) is 0 Å². The zero-order valence-electron chi connectivity index (χ0n) is 17.0. The standard InChI is InChI=1S/C25H28ClNO2/c1-3-27(4-2)18-19-29-24-16-12-22(13-17-24)25(28,20-8-6-5-7-9-20)21-10-14-23(26)15-11-21/h5-17,28H,3-4,18-19H2,1-2H3. The molecule has 1 N–H and O–H groups in total. The SMILES string of the molecule is CCN(CC)CCOc1ccc(C(O)(c2ccccc2)c2ccc(Cl)cc2)cc1. The Bertz CT molecular complexity index is 877. The van der Waals surface area contributed by atoms with Crippen LogP contribution in [-0.2, 0) is 5.60 Å². The summed E-state index contributed by atoms with van der Waals surface area (Å²) in [7, 11) is 0. The molecule has 0 bridgehead atoms. The van der Waals surface area contributed by atoms with E-state index in [2.05, 4.69) is 18.7 Å². The van der Waals surface area contributed by atoms with Crippen molar-refractivity contribution in [1.29, 1.82) is 0 Å². The number of aliphatic hydroxyl groups is 1. The normalized spacial score (nSPS) is 13.3. The summed E-state index contributed by atoms with van der Waals surface area (Å²) < 4.78 is 5.89. The Morgan fingerprint density at radius 1 is 0.793 bits per heavy atom. The van der Waals surface area contributed by atoms with Crippen molar-refractivity contribution < 1.29 is 9.84 Å². The Labute approximate surface area is 178 Å². The lowest BCUT2D eigenvalue weighted by Gasteiger charge is -2.30. The van der Waals surface area contributed by atoms with E-state index in [1.54, 1.807) is 12.1 Å². The van der Waals surface area contributed by atoms with E-state index in [4.69, 9.17) is 16.3 Å². The van der Waals surface area contributed by atoms with Gasteiger partial charge in [0.25, 0.3) is 0 Å². The number of benzene rings is 3. The van der Waals surface area contributed by atoms with E-state index in [-0.39, 0.29) is 0 Å². The monoisotopic (exact) mass is 409 g/mol. The van der Waals surface area contributed by atoms with Gasteiger partial charge in [-0.1, -0.05) is 80.0 Å². The molecule has 3 aromatic rings. The van der Waals surface area contributed by atoms with Gasteiger partial charge >= 0.3 is 0 Å². The fourth-order valence-electron chi connectivity index (χ4n) is 3.50. The lowest BCUT2D eigenvalue weighted by molar-refractivity contribution is 0.125. The zero-order chi connectivity index (χ0) is 20.7. The summed E-state index contributed by atoms with van der Waals surface area (Å²) in [5.41, 5.74) is 1.08. The van der Waals surface area contributed by atoms with Gasteiger partial charge in [-0.2, -0.15) is 0 Å². The van der Waals surface area contributed by atoms with Gasteiger partial charge in [-0.05, 0) is 54.0 Å². The van der Waals surface area contributed by atoms with Crippen LogP contribution < -0.4 is 4.74 Å². The molecule has 0 heterocycles. The highest BCUT2D eigenvalue weighted by Crippen LogP contribution is 2.37. The minimum atomic E-state index is -1.27. The van der Waals surface area contributed by atoms with Crippen LogP contribution in [-0.4, -0.2) is 36.2 Å². The first-order valence-electron chi connectivity index (χ1n) is 10.1. The van der Waals surface area contributed by atoms with Gasteiger partial charge in [-0.25, -0.2) is 0 Å². The summed E-state index contributed by atoms with van der Waals surface area (Å²) in [6.07, 6.45) is 0. The molecule has 152 valence electrons. The number of hydrogen-bond acceptors (Lipinski definition) is 3. The minimum absolute atomic E-state index is 0.640. The van der Waals surface area contributed by atoms with Crippen LogP contribution in [0, 0.1) is 0 Å². The van der Waals surface area contributed by atoms with Gasteiger partial charge < -0.3 is 14.7 Å². The van der Waals surface area contributed by atoms with Crippen LogP contribution in [0.5, 0.6) is 5.75 Å². The van der Waals surface area contributed by atoms with Crippen LogP contribution in [0.4, 0.5) is 0 Å². The molecule has 29 heavy (non-hydrogen) atoms. The topological polar surface area (TPSA) is 32.7 Å². The Balaban J connectivity index is 1.86. The number of hydrogen-bond donors (Lipinski definition) is 1. The van der Waals surface area contributed by atoms with Crippen molar-refractivity contribution in [3.63, 3.8) is 0 Å².